The van der Waals surface area contributed by atoms with Crippen LogP contribution in [-0.4, -0.2) is 6.54 Å². The molecule has 0 saturated heterocycles. The number of thiophene rings is 1. The van der Waals surface area contributed by atoms with Crippen molar-refractivity contribution in [2.24, 2.45) is 5.73 Å². The third-order valence-electron chi connectivity index (χ3n) is 3.30. The van der Waals surface area contributed by atoms with Gasteiger partial charge in [0.15, 0.2) is 0 Å². The van der Waals surface area contributed by atoms with Gasteiger partial charge < -0.3 is 5.73 Å². The Morgan fingerprint density at radius 2 is 1.94 bits per heavy atom. The van der Waals surface area contributed by atoms with Gasteiger partial charge in [-0.25, -0.2) is 0 Å². The summed E-state index contributed by atoms with van der Waals surface area (Å²) in [5, 5.41) is 2.23. The number of hydrogen-bond acceptors (Lipinski definition) is 2. The molecule has 0 aliphatic heterocycles. The van der Waals surface area contributed by atoms with Crippen molar-refractivity contribution in [3.05, 3.63) is 46.8 Å². The van der Waals surface area contributed by atoms with Crippen LogP contribution in [0.1, 0.15) is 25.0 Å². The highest BCUT2D eigenvalue weighted by Crippen LogP contribution is 2.34. The van der Waals surface area contributed by atoms with E-state index < -0.39 is 0 Å². The summed E-state index contributed by atoms with van der Waals surface area (Å²) in [5.74, 6) is 0. The lowest BCUT2D eigenvalue weighted by atomic mass is 9.86. The van der Waals surface area contributed by atoms with Crippen LogP contribution >= 0.6 is 11.3 Å². The Morgan fingerprint density at radius 1 is 1.24 bits per heavy atom. The monoisotopic (exact) mass is 245 g/mol. The zero-order valence-electron chi connectivity index (χ0n) is 10.7. The fourth-order valence-electron chi connectivity index (χ4n) is 1.80. The summed E-state index contributed by atoms with van der Waals surface area (Å²) in [4.78, 5) is 1.33. The standard InChI is InChI=1S/C15H19NS/c1-11-6-4-5-7-13(11)14-8-12(9-17-14)15(2,3)10-16/h4-9H,10,16H2,1-3H3. The van der Waals surface area contributed by atoms with E-state index in [0.717, 1.165) is 0 Å². The fourth-order valence-corrected chi connectivity index (χ4v) is 2.99. The molecule has 0 spiro atoms. The van der Waals surface area contributed by atoms with E-state index in [-0.39, 0.29) is 5.41 Å². The first kappa shape index (κ1) is 12.3. The summed E-state index contributed by atoms with van der Waals surface area (Å²) in [6, 6.07) is 10.8. The molecule has 2 aromatic rings. The van der Waals surface area contributed by atoms with E-state index in [1.807, 2.05) is 0 Å². The van der Waals surface area contributed by atoms with Crippen LogP contribution < -0.4 is 5.73 Å². The Kier molecular flexibility index (Phi) is 3.36. The maximum atomic E-state index is 5.82. The number of aryl methyl sites for hydroxylation is 1. The summed E-state index contributed by atoms with van der Waals surface area (Å²) in [7, 11) is 0. The summed E-state index contributed by atoms with van der Waals surface area (Å²) in [6.45, 7) is 7.22. The smallest absolute Gasteiger partial charge is 0.0348 e. The minimum absolute atomic E-state index is 0.0669. The molecule has 0 fully saturated rings. The molecule has 0 amide bonds. The molecular formula is C15H19NS. The number of benzene rings is 1. The van der Waals surface area contributed by atoms with Crippen molar-refractivity contribution >= 4 is 11.3 Å². The van der Waals surface area contributed by atoms with Crippen LogP contribution in [0, 0.1) is 6.92 Å². The first-order valence-electron chi connectivity index (χ1n) is 5.90. The predicted octanol–water partition coefficient (Wildman–Crippen LogP) is 3.96. The normalized spacial score (nSPS) is 11.8. The summed E-state index contributed by atoms with van der Waals surface area (Å²) < 4.78 is 0. The first-order chi connectivity index (χ1) is 8.04. The topological polar surface area (TPSA) is 26.0 Å². The van der Waals surface area contributed by atoms with Gasteiger partial charge in [0.1, 0.15) is 0 Å². The summed E-state index contributed by atoms with van der Waals surface area (Å²) in [6.07, 6.45) is 0. The van der Waals surface area contributed by atoms with E-state index in [4.69, 9.17) is 5.73 Å². The van der Waals surface area contributed by atoms with Gasteiger partial charge in [-0.2, -0.15) is 0 Å². The molecule has 0 radical (unpaired) electrons. The van der Waals surface area contributed by atoms with Gasteiger partial charge in [-0.05, 0) is 35.1 Å². The fraction of sp³-hybridized carbons (Fsp3) is 0.333. The average Bonchev–Trinajstić information content (AvgIpc) is 2.79. The Balaban J connectivity index is 2.40. The highest BCUT2D eigenvalue weighted by atomic mass is 32.1. The molecule has 17 heavy (non-hydrogen) atoms. The van der Waals surface area contributed by atoms with Crippen LogP contribution in [0.3, 0.4) is 0 Å². The maximum Gasteiger partial charge on any atom is 0.0348 e. The first-order valence-corrected chi connectivity index (χ1v) is 6.77. The second kappa shape index (κ2) is 4.63. The second-order valence-electron chi connectivity index (χ2n) is 5.10. The van der Waals surface area contributed by atoms with Crippen LogP contribution in [0.4, 0.5) is 0 Å². The van der Waals surface area contributed by atoms with Crippen LogP contribution in [0.25, 0.3) is 10.4 Å². The van der Waals surface area contributed by atoms with Gasteiger partial charge in [0.2, 0.25) is 0 Å². The van der Waals surface area contributed by atoms with Crippen molar-refractivity contribution in [3.63, 3.8) is 0 Å². The quantitative estimate of drug-likeness (QED) is 0.870. The van der Waals surface area contributed by atoms with Crippen molar-refractivity contribution in [2.75, 3.05) is 6.54 Å². The second-order valence-corrected chi connectivity index (χ2v) is 6.01. The molecule has 1 aromatic heterocycles. The Morgan fingerprint density at radius 3 is 2.59 bits per heavy atom. The van der Waals surface area contributed by atoms with Gasteiger partial charge in [0, 0.05) is 16.8 Å². The van der Waals surface area contributed by atoms with Crippen molar-refractivity contribution in [1.82, 2.24) is 0 Å². The van der Waals surface area contributed by atoms with Gasteiger partial charge >= 0.3 is 0 Å². The molecule has 2 rings (SSSR count). The van der Waals surface area contributed by atoms with Crippen molar-refractivity contribution in [2.45, 2.75) is 26.2 Å². The molecule has 0 aliphatic carbocycles. The predicted molar refractivity (Wildman–Crippen MR) is 76.6 cm³/mol. The molecule has 0 unspecified atom stereocenters. The van der Waals surface area contributed by atoms with Crippen LogP contribution in [-0.2, 0) is 5.41 Å². The van der Waals surface area contributed by atoms with Gasteiger partial charge in [0.25, 0.3) is 0 Å². The zero-order valence-corrected chi connectivity index (χ0v) is 11.5. The third-order valence-corrected chi connectivity index (χ3v) is 4.27. The lowest BCUT2D eigenvalue weighted by molar-refractivity contribution is 0.541. The van der Waals surface area contributed by atoms with E-state index in [2.05, 4.69) is 56.5 Å². The third kappa shape index (κ3) is 2.43. The molecule has 1 aromatic carbocycles. The maximum absolute atomic E-state index is 5.82. The average molecular weight is 245 g/mol. The molecule has 0 saturated carbocycles. The van der Waals surface area contributed by atoms with Crippen LogP contribution in [0.5, 0.6) is 0 Å². The lowest BCUT2D eigenvalue weighted by Crippen LogP contribution is -2.27. The molecule has 90 valence electrons. The minimum atomic E-state index is 0.0669. The molecule has 0 aliphatic rings. The molecule has 2 N–H and O–H groups in total. The van der Waals surface area contributed by atoms with E-state index in [9.17, 15) is 0 Å². The molecule has 1 nitrogen and oxygen atoms in total. The summed E-state index contributed by atoms with van der Waals surface area (Å²) >= 11 is 1.80. The molecule has 0 atom stereocenters. The van der Waals surface area contributed by atoms with Crippen molar-refractivity contribution in [3.8, 4) is 10.4 Å². The van der Waals surface area contributed by atoms with Gasteiger partial charge in [-0.3, -0.25) is 0 Å². The Bertz CT molecular complexity index is 511. The largest absolute Gasteiger partial charge is 0.330 e. The van der Waals surface area contributed by atoms with Crippen LogP contribution in [0.15, 0.2) is 35.7 Å². The summed E-state index contributed by atoms with van der Waals surface area (Å²) in [5.41, 5.74) is 9.88. The van der Waals surface area contributed by atoms with E-state index >= 15 is 0 Å². The highest BCUT2D eigenvalue weighted by Gasteiger charge is 2.20. The van der Waals surface area contributed by atoms with Gasteiger partial charge in [-0.15, -0.1) is 11.3 Å². The number of hydrogen-bond donors (Lipinski definition) is 1. The lowest BCUT2D eigenvalue weighted by Gasteiger charge is -2.20. The van der Waals surface area contributed by atoms with E-state index in [0.29, 0.717) is 6.54 Å². The molecular weight excluding hydrogens is 226 g/mol. The van der Waals surface area contributed by atoms with E-state index in [1.54, 1.807) is 11.3 Å². The van der Waals surface area contributed by atoms with Gasteiger partial charge in [0.05, 0.1) is 0 Å². The van der Waals surface area contributed by atoms with E-state index in [1.165, 1.54) is 21.6 Å². The number of rotatable bonds is 3. The highest BCUT2D eigenvalue weighted by molar-refractivity contribution is 7.13. The molecule has 0 bridgehead atoms. The van der Waals surface area contributed by atoms with Gasteiger partial charge in [-0.1, -0.05) is 38.1 Å². The SMILES string of the molecule is Cc1ccccc1-c1cc(C(C)(C)CN)cs1. The van der Waals surface area contributed by atoms with Crippen molar-refractivity contribution in [1.29, 1.82) is 0 Å². The minimum Gasteiger partial charge on any atom is -0.330 e. The van der Waals surface area contributed by atoms with Crippen LogP contribution in [0.2, 0.25) is 0 Å². The molecule has 2 heteroatoms. The van der Waals surface area contributed by atoms with Crippen molar-refractivity contribution < 1.29 is 0 Å². The number of nitrogens with two attached hydrogens (primary N) is 1. The Hall–Kier alpha value is -1.12. The Labute approximate surface area is 107 Å². The zero-order chi connectivity index (χ0) is 12.5. The molecule has 1 heterocycles.